The van der Waals surface area contributed by atoms with Gasteiger partial charge in [-0.1, -0.05) is 18.2 Å². The van der Waals surface area contributed by atoms with Crippen molar-refractivity contribution in [2.45, 2.75) is 13.0 Å². The van der Waals surface area contributed by atoms with Crippen LogP contribution in [0, 0.1) is 0 Å². The van der Waals surface area contributed by atoms with E-state index in [1.165, 1.54) is 0 Å². The van der Waals surface area contributed by atoms with Crippen LogP contribution < -0.4 is 10.5 Å². The molecule has 0 unspecified atom stereocenters. The second kappa shape index (κ2) is 10.6. The van der Waals surface area contributed by atoms with Gasteiger partial charge < -0.3 is 24.7 Å². The van der Waals surface area contributed by atoms with Crippen molar-refractivity contribution in [3.05, 3.63) is 29.8 Å². The third kappa shape index (κ3) is 6.86. The summed E-state index contributed by atoms with van der Waals surface area (Å²) < 4.78 is 21.2. The summed E-state index contributed by atoms with van der Waals surface area (Å²) in [5.74, 6) is 0.822. The third-order valence-electron chi connectivity index (χ3n) is 2.70. The van der Waals surface area contributed by atoms with Crippen molar-refractivity contribution in [3.63, 3.8) is 0 Å². The molecule has 0 bridgehead atoms. The maximum absolute atomic E-state index is 5.89. The van der Waals surface area contributed by atoms with Crippen LogP contribution in [0.2, 0.25) is 0 Å². The highest BCUT2D eigenvalue weighted by molar-refractivity contribution is 5.35. The van der Waals surface area contributed by atoms with Crippen molar-refractivity contribution in [2.24, 2.45) is 5.73 Å². The van der Waals surface area contributed by atoms with Crippen LogP contribution in [0.5, 0.6) is 5.75 Å². The van der Waals surface area contributed by atoms with E-state index in [0.717, 1.165) is 11.3 Å². The van der Waals surface area contributed by atoms with Crippen LogP contribution in [0.25, 0.3) is 0 Å². The maximum Gasteiger partial charge on any atom is 0.124 e. The lowest BCUT2D eigenvalue weighted by Crippen LogP contribution is -2.13. The predicted octanol–water partition coefficient (Wildman–Crippen LogP) is 1.76. The van der Waals surface area contributed by atoms with Crippen LogP contribution in [0.3, 0.4) is 0 Å². The van der Waals surface area contributed by atoms with Gasteiger partial charge in [-0.3, -0.25) is 0 Å². The number of methoxy groups -OCH3 is 1. The van der Waals surface area contributed by atoms with Crippen LogP contribution >= 0.6 is 0 Å². The fourth-order valence-electron chi connectivity index (χ4n) is 1.66. The lowest BCUT2D eigenvalue weighted by Gasteiger charge is -2.13. The highest BCUT2D eigenvalue weighted by Crippen LogP contribution is 2.22. The van der Waals surface area contributed by atoms with E-state index in [-0.39, 0.29) is 6.04 Å². The van der Waals surface area contributed by atoms with Crippen LogP contribution in [-0.4, -0.2) is 46.8 Å². The van der Waals surface area contributed by atoms with E-state index >= 15 is 0 Å². The number of hydrogen-bond acceptors (Lipinski definition) is 5. The summed E-state index contributed by atoms with van der Waals surface area (Å²) >= 11 is 0. The molecule has 0 radical (unpaired) electrons. The van der Waals surface area contributed by atoms with Gasteiger partial charge in [0.15, 0.2) is 0 Å². The van der Waals surface area contributed by atoms with Gasteiger partial charge in [0.05, 0.1) is 33.0 Å². The van der Waals surface area contributed by atoms with Crippen molar-refractivity contribution in [2.75, 3.05) is 46.8 Å². The first kappa shape index (κ1) is 16.9. The molecule has 5 heteroatoms. The molecular weight excluding hydrogens is 258 g/mol. The van der Waals surface area contributed by atoms with Crippen molar-refractivity contribution in [3.8, 4) is 5.75 Å². The minimum Gasteiger partial charge on any atom is -0.491 e. The molecule has 1 aromatic rings. The number of ether oxygens (including phenoxy) is 4. The average Bonchev–Trinajstić information content (AvgIpc) is 2.46. The Kier molecular flexibility index (Phi) is 8.98. The minimum atomic E-state index is -0.0405. The highest BCUT2D eigenvalue weighted by atomic mass is 16.6. The monoisotopic (exact) mass is 283 g/mol. The summed E-state index contributed by atoms with van der Waals surface area (Å²) in [4.78, 5) is 0. The van der Waals surface area contributed by atoms with Crippen molar-refractivity contribution in [1.82, 2.24) is 0 Å². The van der Waals surface area contributed by atoms with E-state index in [1.54, 1.807) is 7.11 Å². The van der Waals surface area contributed by atoms with Crippen LogP contribution in [0.15, 0.2) is 24.3 Å². The molecule has 0 aromatic heterocycles. The fraction of sp³-hybridized carbons (Fsp3) is 0.600. The highest BCUT2D eigenvalue weighted by Gasteiger charge is 2.06. The van der Waals surface area contributed by atoms with E-state index in [2.05, 4.69) is 0 Å². The van der Waals surface area contributed by atoms with Gasteiger partial charge in [0.25, 0.3) is 0 Å². The zero-order valence-electron chi connectivity index (χ0n) is 12.3. The minimum absolute atomic E-state index is 0.0405. The summed E-state index contributed by atoms with van der Waals surface area (Å²) in [6.45, 7) is 5.30. The number of rotatable bonds is 11. The third-order valence-corrected chi connectivity index (χ3v) is 2.70. The molecule has 0 fully saturated rings. The Morgan fingerprint density at radius 2 is 1.55 bits per heavy atom. The maximum atomic E-state index is 5.89. The standard InChI is InChI=1S/C15H25NO4/c1-13(16)14-5-3-4-6-15(14)20-12-11-19-10-9-18-8-7-17-2/h3-6,13H,7-12,16H2,1-2H3/t13-/m1/s1. The number of nitrogens with two attached hydrogens (primary N) is 1. The van der Waals surface area contributed by atoms with Crippen molar-refractivity contribution < 1.29 is 18.9 Å². The molecule has 114 valence electrons. The molecule has 20 heavy (non-hydrogen) atoms. The summed E-state index contributed by atoms with van der Waals surface area (Å²) in [7, 11) is 1.65. The van der Waals surface area contributed by atoms with Crippen molar-refractivity contribution in [1.29, 1.82) is 0 Å². The van der Waals surface area contributed by atoms with Gasteiger partial charge in [0, 0.05) is 18.7 Å². The molecule has 0 spiro atoms. The number of para-hydroxylation sites is 1. The predicted molar refractivity (Wildman–Crippen MR) is 78.1 cm³/mol. The zero-order valence-corrected chi connectivity index (χ0v) is 12.3. The average molecular weight is 283 g/mol. The Labute approximate surface area is 121 Å². The van der Waals surface area contributed by atoms with Crippen LogP contribution in [0.4, 0.5) is 0 Å². The molecule has 2 N–H and O–H groups in total. The first-order valence-corrected chi connectivity index (χ1v) is 6.87. The Hall–Kier alpha value is -1.14. The molecule has 0 aliphatic carbocycles. The SMILES string of the molecule is COCCOCCOCCOc1ccccc1[C@@H](C)N. The normalized spacial score (nSPS) is 12.3. The van der Waals surface area contributed by atoms with Gasteiger partial charge in [-0.25, -0.2) is 0 Å². The van der Waals surface area contributed by atoms with E-state index in [0.29, 0.717) is 39.6 Å². The molecule has 0 amide bonds. The molecular formula is C15H25NO4. The van der Waals surface area contributed by atoms with Gasteiger partial charge in [-0.15, -0.1) is 0 Å². The molecule has 0 saturated carbocycles. The number of benzene rings is 1. The van der Waals surface area contributed by atoms with E-state index < -0.39 is 0 Å². The van der Waals surface area contributed by atoms with E-state index in [1.807, 2.05) is 31.2 Å². The second-order valence-corrected chi connectivity index (χ2v) is 4.39. The Balaban J connectivity index is 2.10. The molecule has 0 saturated heterocycles. The summed E-state index contributed by atoms with van der Waals surface area (Å²) in [5, 5.41) is 0. The van der Waals surface area contributed by atoms with E-state index in [9.17, 15) is 0 Å². The van der Waals surface area contributed by atoms with Gasteiger partial charge in [-0.2, -0.15) is 0 Å². The fourth-order valence-corrected chi connectivity index (χ4v) is 1.66. The Bertz CT molecular complexity index is 357. The van der Waals surface area contributed by atoms with Gasteiger partial charge in [0.2, 0.25) is 0 Å². The number of hydrogen-bond donors (Lipinski definition) is 1. The molecule has 0 aliphatic rings. The van der Waals surface area contributed by atoms with Crippen LogP contribution in [-0.2, 0) is 14.2 Å². The van der Waals surface area contributed by atoms with Gasteiger partial charge in [0.1, 0.15) is 12.4 Å². The van der Waals surface area contributed by atoms with Gasteiger partial charge in [-0.05, 0) is 13.0 Å². The molecule has 0 heterocycles. The summed E-state index contributed by atoms with van der Waals surface area (Å²) in [5.41, 5.74) is 6.90. The summed E-state index contributed by atoms with van der Waals surface area (Å²) in [6.07, 6.45) is 0. The first-order chi connectivity index (χ1) is 9.75. The lowest BCUT2D eigenvalue weighted by molar-refractivity contribution is 0.0179. The summed E-state index contributed by atoms with van der Waals surface area (Å²) in [6, 6.07) is 7.75. The molecule has 1 rings (SSSR count). The Morgan fingerprint density at radius 1 is 0.950 bits per heavy atom. The molecule has 5 nitrogen and oxygen atoms in total. The zero-order chi connectivity index (χ0) is 14.6. The largest absolute Gasteiger partial charge is 0.491 e. The molecule has 1 atom stereocenters. The lowest BCUT2D eigenvalue weighted by atomic mass is 10.1. The topological polar surface area (TPSA) is 62.9 Å². The quantitative estimate of drug-likeness (QED) is 0.627. The molecule has 1 aromatic carbocycles. The second-order valence-electron chi connectivity index (χ2n) is 4.39. The van der Waals surface area contributed by atoms with Crippen molar-refractivity contribution >= 4 is 0 Å². The Morgan fingerprint density at radius 3 is 2.20 bits per heavy atom. The van der Waals surface area contributed by atoms with Gasteiger partial charge >= 0.3 is 0 Å². The van der Waals surface area contributed by atoms with Crippen LogP contribution in [0.1, 0.15) is 18.5 Å². The molecule has 0 aliphatic heterocycles. The smallest absolute Gasteiger partial charge is 0.124 e. The first-order valence-electron chi connectivity index (χ1n) is 6.87. The van der Waals surface area contributed by atoms with E-state index in [4.69, 9.17) is 24.7 Å².